The van der Waals surface area contributed by atoms with Crippen molar-refractivity contribution >= 4 is 51.6 Å². The standard InChI is InChI=1S/C20H18ClN3O5S/c1-23-10-8-14(25)18(19(23)28)24(20(29)22-9-7-17(26)27)16-6-5-15(30-16)12-3-2-4-13(21)11-12/h2-6,8,10-11,18H,7,9H2,1H3,(H,22,29)(H,26,27)/t18-/m0/s1. The summed E-state index contributed by atoms with van der Waals surface area (Å²) < 4.78 is 0. The van der Waals surface area contributed by atoms with Crippen LogP contribution in [-0.2, 0) is 14.4 Å². The highest BCUT2D eigenvalue weighted by Gasteiger charge is 2.40. The number of thiophene rings is 1. The molecular formula is C20H18ClN3O5S. The average molecular weight is 448 g/mol. The number of carbonyl (C=O) groups is 4. The van der Waals surface area contributed by atoms with E-state index in [0.717, 1.165) is 15.3 Å². The van der Waals surface area contributed by atoms with E-state index >= 15 is 0 Å². The van der Waals surface area contributed by atoms with Gasteiger partial charge in [-0.1, -0.05) is 23.7 Å². The minimum atomic E-state index is -1.38. The minimum absolute atomic E-state index is 0.141. The first-order valence-electron chi connectivity index (χ1n) is 8.91. The summed E-state index contributed by atoms with van der Waals surface area (Å²) in [5.41, 5.74) is 0.822. The zero-order chi connectivity index (χ0) is 21.8. The van der Waals surface area contributed by atoms with Crippen LogP contribution in [0, 0.1) is 0 Å². The van der Waals surface area contributed by atoms with Gasteiger partial charge in [-0.2, -0.15) is 0 Å². The second-order valence-corrected chi connectivity index (χ2v) is 7.96. The van der Waals surface area contributed by atoms with Crippen LogP contribution in [0.1, 0.15) is 6.42 Å². The van der Waals surface area contributed by atoms with E-state index in [-0.39, 0.29) is 13.0 Å². The topological polar surface area (TPSA) is 107 Å². The Hall–Kier alpha value is -3.17. The van der Waals surface area contributed by atoms with E-state index in [2.05, 4.69) is 5.32 Å². The summed E-state index contributed by atoms with van der Waals surface area (Å²) in [5.74, 6) is -2.17. The van der Waals surface area contributed by atoms with Crippen LogP contribution >= 0.6 is 22.9 Å². The number of urea groups is 1. The fraction of sp³-hybridized carbons (Fsp3) is 0.200. The van der Waals surface area contributed by atoms with Crippen molar-refractivity contribution in [1.29, 1.82) is 0 Å². The molecule has 1 aliphatic heterocycles. The monoisotopic (exact) mass is 447 g/mol. The number of hydrogen-bond acceptors (Lipinski definition) is 5. The molecule has 30 heavy (non-hydrogen) atoms. The summed E-state index contributed by atoms with van der Waals surface area (Å²) in [7, 11) is 1.49. The van der Waals surface area contributed by atoms with Crippen LogP contribution in [0.4, 0.5) is 9.80 Å². The molecule has 2 aromatic rings. The quantitative estimate of drug-likeness (QED) is 0.662. The van der Waals surface area contributed by atoms with Crippen LogP contribution in [0.25, 0.3) is 10.4 Å². The second kappa shape index (κ2) is 9.10. The Morgan fingerprint density at radius 2 is 2.03 bits per heavy atom. The smallest absolute Gasteiger partial charge is 0.323 e. The van der Waals surface area contributed by atoms with Gasteiger partial charge >= 0.3 is 12.0 Å². The third-order valence-corrected chi connectivity index (χ3v) is 5.71. The maximum absolute atomic E-state index is 12.9. The Kier molecular flexibility index (Phi) is 6.53. The van der Waals surface area contributed by atoms with Crippen molar-refractivity contribution in [3.05, 3.63) is 53.7 Å². The van der Waals surface area contributed by atoms with Crippen LogP contribution in [0.2, 0.25) is 5.02 Å². The summed E-state index contributed by atoms with van der Waals surface area (Å²) in [6.45, 7) is -0.141. The fourth-order valence-electron chi connectivity index (χ4n) is 2.86. The highest BCUT2D eigenvalue weighted by molar-refractivity contribution is 7.19. The molecular weight excluding hydrogens is 430 g/mol. The molecule has 0 saturated carbocycles. The number of ketones is 1. The van der Waals surface area contributed by atoms with Gasteiger partial charge in [-0.25, -0.2) is 4.79 Å². The summed E-state index contributed by atoms with van der Waals surface area (Å²) >= 11 is 7.27. The van der Waals surface area contributed by atoms with E-state index in [1.165, 1.54) is 35.6 Å². The van der Waals surface area contributed by atoms with Crippen LogP contribution < -0.4 is 10.2 Å². The van der Waals surface area contributed by atoms with E-state index in [4.69, 9.17) is 16.7 Å². The molecule has 0 saturated heterocycles. The highest BCUT2D eigenvalue weighted by Crippen LogP contribution is 2.36. The van der Waals surface area contributed by atoms with Gasteiger partial charge in [-0.15, -0.1) is 11.3 Å². The zero-order valence-electron chi connectivity index (χ0n) is 15.9. The molecule has 2 N–H and O–H groups in total. The summed E-state index contributed by atoms with van der Waals surface area (Å²) in [6.07, 6.45) is 2.28. The lowest BCUT2D eigenvalue weighted by Gasteiger charge is -2.32. The molecule has 0 aliphatic carbocycles. The number of rotatable bonds is 6. The molecule has 2 heterocycles. The van der Waals surface area contributed by atoms with Crippen LogP contribution in [0.15, 0.2) is 48.7 Å². The summed E-state index contributed by atoms with van der Waals surface area (Å²) in [4.78, 5) is 51.9. The Morgan fingerprint density at radius 3 is 2.73 bits per heavy atom. The molecule has 0 radical (unpaired) electrons. The van der Waals surface area contributed by atoms with E-state index in [0.29, 0.717) is 10.0 Å². The number of benzene rings is 1. The normalized spacial score (nSPS) is 15.9. The first kappa shape index (κ1) is 21.5. The predicted octanol–water partition coefficient (Wildman–Crippen LogP) is 2.98. The maximum Gasteiger partial charge on any atom is 0.323 e. The molecule has 0 bridgehead atoms. The Labute approximate surface area is 181 Å². The van der Waals surface area contributed by atoms with Gasteiger partial charge in [0, 0.05) is 35.8 Å². The molecule has 1 atom stereocenters. The molecule has 3 rings (SSSR count). The molecule has 0 unspecified atom stereocenters. The van der Waals surface area contributed by atoms with Crippen molar-refractivity contribution in [3.63, 3.8) is 0 Å². The first-order chi connectivity index (χ1) is 14.3. The third kappa shape index (κ3) is 4.69. The largest absolute Gasteiger partial charge is 0.481 e. The van der Waals surface area contributed by atoms with Gasteiger partial charge in [0.05, 0.1) is 6.42 Å². The van der Waals surface area contributed by atoms with Gasteiger partial charge in [-0.3, -0.25) is 19.3 Å². The maximum atomic E-state index is 12.9. The minimum Gasteiger partial charge on any atom is -0.481 e. The number of nitrogens with one attached hydrogen (secondary N) is 1. The molecule has 0 fully saturated rings. The number of amides is 3. The first-order valence-corrected chi connectivity index (χ1v) is 10.1. The summed E-state index contributed by atoms with van der Waals surface area (Å²) in [6, 6.07) is 8.44. The van der Waals surface area contributed by atoms with Gasteiger partial charge in [0.25, 0.3) is 5.91 Å². The van der Waals surface area contributed by atoms with Crippen LogP contribution in [0.5, 0.6) is 0 Å². The van der Waals surface area contributed by atoms with Gasteiger partial charge in [0.1, 0.15) is 5.00 Å². The number of anilines is 1. The molecule has 3 amide bonds. The van der Waals surface area contributed by atoms with E-state index < -0.39 is 29.7 Å². The van der Waals surface area contributed by atoms with Crippen molar-refractivity contribution in [2.45, 2.75) is 12.5 Å². The number of carbonyl (C=O) groups excluding carboxylic acids is 3. The fourth-order valence-corrected chi connectivity index (χ4v) is 4.08. The molecule has 1 aliphatic rings. The lowest BCUT2D eigenvalue weighted by Crippen LogP contribution is -2.57. The van der Waals surface area contributed by atoms with Crippen molar-refractivity contribution in [3.8, 4) is 10.4 Å². The number of aliphatic carboxylic acids is 1. The van der Waals surface area contributed by atoms with Gasteiger partial charge < -0.3 is 15.3 Å². The number of nitrogens with zero attached hydrogens (tertiary/aromatic N) is 2. The van der Waals surface area contributed by atoms with Crippen LogP contribution in [-0.4, -0.2) is 53.3 Å². The van der Waals surface area contributed by atoms with Crippen molar-refractivity contribution in [1.82, 2.24) is 10.2 Å². The van der Waals surface area contributed by atoms with Crippen molar-refractivity contribution in [2.75, 3.05) is 18.5 Å². The molecule has 8 nitrogen and oxygen atoms in total. The number of carboxylic acids is 1. The molecule has 1 aromatic heterocycles. The lowest BCUT2D eigenvalue weighted by molar-refractivity contribution is -0.137. The number of carboxylic acid groups (broad SMARTS) is 1. The van der Waals surface area contributed by atoms with Crippen molar-refractivity contribution in [2.24, 2.45) is 0 Å². The Morgan fingerprint density at radius 1 is 1.27 bits per heavy atom. The molecule has 10 heteroatoms. The van der Waals surface area contributed by atoms with Crippen molar-refractivity contribution < 1.29 is 24.3 Å². The SMILES string of the molecule is CN1C=CC(=O)[C@H](N(C(=O)NCCC(=O)O)c2ccc(-c3cccc(Cl)c3)s2)C1=O. The Bertz CT molecular complexity index is 1030. The van der Waals surface area contributed by atoms with E-state index in [1.54, 1.807) is 30.3 Å². The number of likely N-dealkylation sites (N-methyl/N-ethyl adjacent to an activating group) is 1. The Balaban J connectivity index is 1.96. The van der Waals surface area contributed by atoms with E-state index in [1.807, 2.05) is 6.07 Å². The molecule has 0 spiro atoms. The van der Waals surface area contributed by atoms with Gasteiger partial charge in [0.15, 0.2) is 11.8 Å². The van der Waals surface area contributed by atoms with E-state index in [9.17, 15) is 19.2 Å². The third-order valence-electron chi connectivity index (χ3n) is 4.34. The predicted molar refractivity (Wildman–Crippen MR) is 114 cm³/mol. The molecule has 1 aromatic carbocycles. The number of hydrogen-bond donors (Lipinski definition) is 2. The molecule has 156 valence electrons. The van der Waals surface area contributed by atoms with Crippen LogP contribution in [0.3, 0.4) is 0 Å². The zero-order valence-corrected chi connectivity index (χ0v) is 17.4. The highest BCUT2D eigenvalue weighted by atomic mass is 35.5. The summed E-state index contributed by atoms with van der Waals surface area (Å²) in [5, 5.41) is 12.2. The number of halogens is 1. The van der Waals surface area contributed by atoms with Gasteiger partial charge in [0.2, 0.25) is 0 Å². The second-order valence-electron chi connectivity index (χ2n) is 6.46. The lowest BCUT2D eigenvalue weighted by atomic mass is 10.1. The van der Waals surface area contributed by atoms with Gasteiger partial charge in [-0.05, 0) is 29.8 Å². The average Bonchev–Trinajstić information content (AvgIpc) is 3.17.